The van der Waals surface area contributed by atoms with Crippen molar-refractivity contribution in [3.05, 3.63) is 83.0 Å². The molecule has 2 aliphatic heterocycles. The molecule has 0 spiro atoms. The number of carbonyl (C=O) groups excluding carboxylic acids is 1. The summed E-state index contributed by atoms with van der Waals surface area (Å²) in [4.78, 5) is 17.8. The Hall–Kier alpha value is -2.70. The van der Waals surface area contributed by atoms with Gasteiger partial charge in [-0.05, 0) is 37.0 Å². The van der Waals surface area contributed by atoms with Crippen LogP contribution in [0.2, 0.25) is 0 Å². The van der Waals surface area contributed by atoms with E-state index in [1.165, 1.54) is 5.56 Å². The number of amides is 1. The van der Waals surface area contributed by atoms with Gasteiger partial charge in [-0.2, -0.15) is 5.10 Å². The molecule has 0 aromatic heterocycles. The average Bonchev–Trinajstić information content (AvgIpc) is 2.93. The molecule has 0 bridgehead atoms. The normalized spacial score (nSPS) is 25.4. The summed E-state index contributed by atoms with van der Waals surface area (Å²) in [5, 5.41) is 8.45. The summed E-state index contributed by atoms with van der Waals surface area (Å²) in [6.45, 7) is 9.70. The van der Waals surface area contributed by atoms with Crippen molar-refractivity contribution in [1.29, 1.82) is 0 Å². The summed E-state index contributed by atoms with van der Waals surface area (Å²) in [6, 6.07) is 10.6. The van der Waals surface area contributed by atoms with Gasteiger partial charge < -0.3 is 5.32 Å². The number of nitrogens with zero attached hydrogens (tertiary/aromatic N) is 2. The number of rotatable bonds is 7. The van der Waals surface area contributed by atoms with Gasteiger partial charge in [0.2, 0.25) is 0 Å². The third kappa shape index (κ3) is 5.75. The Balaban J connectivity index is 2.14. The van der Waals surface area contributed by atoms with Crippen LogP contribution in [0.4, 0.5) is 0 Å². The van der Waals surface area contributed by atoms with E-state index in [0.717, 1.165) is 34.6 Å². The Morgan fingerprint density at radius 1 is 1.34 bits per heavy atom. The summed E-state index contributed by atoms with van der Waals surface area (Å²) in [7, 11) is 0. The van der Waals surface area contributed by atoms with Gasteiger partial charge in [-0.1, -0.05) is 55.5 Å². The second-order valence-electron chi connectivity index (χ2n) is 7.92. The van der Waals surface area contributed by atoms with Gasteiger partial charge in [0.15, 0.2) is 0 Å². The van der Waals surface area contributed by atoms with E-state index in [1.54, 1.807) is 11.8 Å². The highest BCUT2D eigenvalue weighted by Crippen LogP contribution is 2.39. The van der Waals surface area contributed by atoms with Crippen LogP contribution in [0.15, 0.2) is 87.5 Å². The number of hydrogen-bond donors (Lipinski definition) is 2. The van der Waals surface area contributed by atoms with E-state index < -0.39 is 0 Å². The van der Waals surface area contributed by atoms with Crippen LogP contribution in [0, 0.1) is 5.92 Å². The molecule has 1 aromatic carbocycles. The minimum atomic E-state index is -0.121. The number of aliphatic imine (C=N–C) groups is 1. The minimum absolute atomic E-state index is 0.0479. The van der Waals surface area contributed by atoms with Crippen molar-refractivity contribution in [3.8, 4) is 0 Å². The predicted octanol–water partition coefficient (Wildman–Crippen LogP) is 5.33. The summed E-state index contributed by atoms with van der Waals surface area (Å²) in [5.74, 6) is -0.0361. The zero-order valence-corrected chi connectivity index (χ0v) is 19.7. The van der Waals surface area contributed by atoms with Crippen LogP contribution >= 0.6 is 11.8 Å². The van der Waals surface area contributed by atoms with Crippen molar-refractivity contribution in [3.63, 3.8) is 0 Å². The van der Waals surface area contributed by atoms with Crippen molar-refractivity contribution in [2.24, 2.45) is 16.0 Å². The molecule has 0 radical (unpaired) electrons. The molecule has 0 saturated carbocycles. The smallest absolute Gasteiger partial charge is 0.267 e. The van der Waals surface area contributed by atoms with E-state index in [-0.39, 0.29) is 23.9 Å². The first kappa shape index (κ1) is 24.0. The Morgan fingerprint density at radius 2 is 2.12 bits per heavy atom. The molecule has 32 heavy (non-hydrogen) atoms. The largest absolute Gasteiger partial charge is 0.303 e. The maximum atomic E-state index is 12.6. The lowest BCUT2D eigenvalue weighted by Gasteiger charge is -2.35. The third-order valence-corrected chi connectivity index (χ3v) is 6.68. The van der Waals surface area contributed by atoms with Crippen molar-refractivity contribution in [1.82, 2.24) is 10.7 Å². The number of thioether (sulfide) groups is 1. The molecule has 3 unspecified atom stereocenters. The first-order valence-electron chi connectivity index (χ1n) is 11.0. The fourth-order valence-corrected chi connectivity index (χ4v) is 5.02. The van der Waals surface area contributed by atoms with E-state index in [0.29, 0.717) is 12.8 Å². The van der Waals surface area contributed by atoms with E-state index in [4.69, 9.17) is 0 Å². The molecule has 0 fully saturated rings. The Labute approximate surface area is 195 Å². The number of carbonyl (C=O) groups is 1. The number of nitrogens with one attached hydrogen (secondary N) is 2. The van der Waals surface area contributed by atoms with Crippen LogP contribution < -0.4 is 10.7 Å². The van der Waals surface area contributed by atoms with Crippen LogP contribution in [-0.4, -0.2) is 30.6 Å². The highest BCUT2D eigenvalue weighted by molar-refractivity contribution is 8.02. The molecule has 2 aliphatic rings. The predicted molar refractivity (Wildman–Crippen MR) is 137 cm³/mol. The highest BCUT2D eigenvalue weighted by atomic mass is 32.2. The van der Waals surface area contributed by atoms with E-state index in [9.17, 15) is 4.79 Å². The van der Waals surface area contributed by atoms with Crippen LogP contribution in [0.5, 0.6) is 0 Å². The van der Waals surface area contributed by atoms with Gasteiger partial charge in [-0.3, -0.25) is 9.79 Å². The zero-order chi connectivity index (χ0) is 22.9. The summed E-state index contributed by atoms with van der Waals surface area (Å²) in [5.41, 5.74) is 6.75. The molecule has 3 rings (SSSR count). The summed E-state index contributed by atoms with van der Waals surface area (Å²) < 4.78 is 0. The topological polar surface area (TPSA) is 65.8 Å². The minimum Gasteiger partial charge on any atom is -0.303 e. The number of hydrogen-bond acceptors (Lipinski definition) is 5. The number of hydrazone groups is 1. The molecule has 0 saturated heterocycles. The van der Waals surface area contributed by atoms with Gasteiger partial charge in [0.1, 0.15) is 0 Å². The Bertz CT molecular complexity index is 961. The van der Waals surface area contributed by atoms with Crippen LogP contribution in [-0.2, 0) is 4.79 Å². The van der Waals surface area contributed by atoms with Crippen molar-refractivity contribution in [2.75, 3.05) is 6.26 Å². The fraction of sp³-hybridized carbons (Fsp3) is 0.346. The lowest BCUT2D eigenvalue weighted by atomic mass is 9.82. The molecule has 2 heterocycles. The quantitative estimate of drug-likeness (QED) is 0.337. The van der Waals surface area contributed by atoms with Crippen molar-refractivity contribution in [2.45, 2.75) is 44.7 Å². The second-order valence-corrected chi connectivity index (χ2v) is 8.80. The van der Waals surface area contributed by atoms with Gasteiger partial charge in [-0.15, -0.1) is 18.3 Å². The van der Waals surface area contributed by atoms with Crippen molar-refractivity contribution >= 4 is 30.1 Å². The molecule has 3 atom stereocenters. The zero-order valence-electron chi connectivity index (χ0n) is 18.9. The molecule has 2 N–H and O–H groups in total. The van der Waals surface area contributed by atoms with Crippen LogP contribution in [0.1, 0.15) is 44.2 Å². The van der Waals surface area contributed by atoms with Gasteiger partial charge in [-0.25, -0.2) is 5.43 Å². The van der Waals surface area contributed by atoms with E-state index >= 15 is 0 Å². The molecular weight excluding hydrogens is 416 g/mol. The van der Waals surface area contributed by atoms with Crippen LogP contribution in [0.3, 0.4) is 0 Å². The molecule has 0 aliphatic carbocycles. The second kappa shape index (κ2) is 11.8. The average molecular weight is 449 g/mol. The van der Waals surface area contributed by atoms with Crippen molar-refractivity contribution < 1.29 is 4.79 Å². The molecule has 168 valence electrons. The van der Waals surface area contributed by atoms with Crippen LogP contribution in [0.25, 0.3) is 0 Å². The summed E-state index contributed by atoms with van der Waals surface area (Å²) in [6.07, 6.45) is 12.9. The molecular formula is C26H32N4OS. The van der Waals surface area contributed by atoms with Gasteiger partial charge >= 0.3 is 0 Å². The number of allylic oxidation sites excluding steroid dienone is 2. The standard InChI is InChI=1S/C26H32N4OS/c1-5-10-19-14-20-15-21(11-6-2)28-25(18-12-8-7-9-13-18)22(24(32-4)17-27-3)16-23(20)29-30-26(19)31/h6-10,12-13,15,17,21-22,25,28H,2-3,5,11,14,16H2,1,4H3,(H,30,31)/b19-10+,20-15?,24-17-. The highest BCUT2D eigenvalue weighted by Gasteiger charge is 2.33. The lowest BCUT2D eigenvalue weighted by Crippen LogP contribution is -2.39. The SMILES string of the molecule is C=CCC1C=C2C/C(=C\CC)C(=O)NN=C2CC(/C(=C/N=C)SC)C(c2ccccc2)N1. The maximum Gasteiger partial charge on any atom is 0.267 e. The first-order chi connectivity index (χ1) is 15.6. The molecule has 6 heteroatoms. The van der Waals surface area contributed by atoms with E-state index in [2.05, 4.69) is 70.7 Å². The monoisotopic (exact) mass is 448 g/mol. The summed E-state index contributed by atoms with van der Waals surface area (Å²) >= 11 is 1.68. The third-order valence-electron chi connectivity index (χ3n) is 5.80. The van der Waals surface area contributed by atoms with Gasteiger partial charge in [0.05, 0.1) is 5.71 Å². The first-order valence-corrected chi connectivity index (χ1v) is 12.2. The van der Waals surface area contributed by atoms with Gasteiger partial charge in [0.25, 0.3) is 5.91 Å². The molecule has 5 nitrogen and oxygen atoms in total. The number of benzene rings is 1. The molecule has 1 aromatic rings. The lowest BCUT2D eigenvalue weighted by molar-refractivity contribution is -0.117. The Kier molecular flexibility index (Phi) is 8.82. The van der Waals surface area contributed by atoms with Gasteiger partial charge in [0, 0.05) is 47.5 Å². The molecule has 1 amide bonds. The Morgan fingerprint density at radius 3 is 2.78 bits per heavy atom. The van der Waals surface area contributed by atoms with E-state index in [1.807, 2.05) is 31.3 Å². The maximum absolute atomic E-state index is 12.6. The number of fused-ring (bicyclic) bond motifs is 1. The fourth-order valence-electron chi connectivity index (χ4n) is 4.32.